The number of imidazole rings is 1. The zero-order valence-electron chi connectivity index (χ0n) is 19.1. The summed E-state index contributed by atoms with van der Waals surface area (Å²) >= 11 is 6.38. The summed E-state index contributed by atoms with van der Waals surface area (Å²) in [5, 5.41) is 13.8. The van der Waals surface area contributed by atoms with Crippen molar-refractivity contribution in [3.8, 4) is 0 Å². The van der Waals surface area contributed by atoms with Gasteiger partial charge in [0.15, 0.2) is 5.82 Å². The molecule has 172 valence electrons. The van der Waals surface area contributed by atoms with Crippen LogP contribution in [0.2, 0.25) is 5.02 Å². The van der Waals surface area contributed by atoms with Gasteiger partial charge in [0.2, 0.25) is 5.95 Å². The number of hydrogen-bond acceptors (Lipinski definition) is 6. The number of halogens is 1. The molecule has 0 unspecified atom stereocenters. The summed E-state index contributed by atoms with van der Waals surface area (Å²) in [6.45, 7) is 8.09. The summed E-state index contributed by atoms with van der Waals surface area (Å²) in [4.78, 5) is 24.0. The minimum Gasteiger partial charge on any atom is -0.390 e. The van der Waals surface area contributed by atoms with Gasteiger partial charge in [-0.25, -0.2) is 9.78 Å². The molecule has 1 aromatic carbocycles. The summed E-state index contributed by atoms with van der Waals surface area (Å²) in [7, 11) is 1.75. The highest BCUT2D eigenvalue weighted by Crippen LogP contribution is 2.28. The van der Waals surface area contributed by atoms with Crippen molar-refractivity contribution in [3.05, 3.63) is 39.9 Å². The molecule has 0 aliphatic carbocycles. The van der Waals surface area contributed by atoms with Crippen molar-refractivity contribution in [1.29, 1.82) is 0 Å². The molecular weight excluding hydrogens is 428 g/mol. The highest BCUT2D eigenvalue weighted by atomic mass is 35.5. The van der Waals surface area contributed by atoms with E-state index in [1.165, 1.54) is 0 Å². The van der Waals surface area contributed by atoms with Crippen LogP contribution in [0.1, 0.15) is 40.0 Å². The van der Waals surface area contributed by atoms with E-state index in [0.717, 1.165) is 48.6 Å². The number of anilines is 3. The maximum Gasteiger partial charge on any atom is 0.328 e. The number of benzene rings is 1. The van der Waals surface area contributed by atoms with Crippen LogP contribution in [-0.4, -0.2) is 42.9 Å². The average molecular weight is 459 g/mol. The summed E-state index contributed by atoms with van der Waals surface area (Å²) in [6.07, 6.45) is 4.38. The Labute approximate surface area is 192 Å². The fourth-order valence-corrected chi connectivity index (χ4v) is 4.17. The minimum atomic E-state index is -0.836. The second kappa shape index (κ2) is 8.75. The SMILES string of the molecule is CC1CCN(c2ncc(Cl)c(Nc3ccc4c(c3)n(C)c(=O)n4CCC(C)(C)O)n2)CC1. The Hall–Kier alpha value is -2.58. The molecule has 3 aromatic rings. The lowest BCUT2D eigenvalue weighted by atomic mass is 10.00. The highest BCUT2D eigenvalue weighted by Gasteiger charge is 2.20. The van der Waals surface area contributed by atoms with Crippen molar-refractivity contribution < 1.29 is 5.11 Å². The van der Waals surface area contributed by atoms with Crippen LogP contribution in [0.15, 0.2) is 29.2 Å². The maximum absolute atomic E-state index is 12.7. The van der Waals surface area contributed by atoms with Gasteiger partial charge in [0.05, 0.1) is 22.8 Å². The summed E-state index contributed by atoms with van der Waals surface area (Å²) in [5.74, 6) is 1.95. The van der Waals surface area contributed by atoms with Crippen LogP contribution in [0.25, 0.3) is 11.0 Å². The molecule has 9 heteroatoms. The smallest absolute Gasteiger partial charge is 0.328 e. The van der Waals surface area contributed by atoms with Crippen LogP contribution < -0.4 is 15.9 Å². The largest absolute Gasteiger partial charge is 0.390 e. The number of nitrogens with one attached hydrogen (secondary N) is 1. The molecule has 0 bridgehead atoms. The Morgan fingerprint density at radius 3 is 2.66 bits per heavy atom. The Morgan fingerprint density at radius 1 is 1.25 bits per heavy atom. The summed E-state index contributed by atoms with van der Waals surface area (Å²) in [5.41, 5.74) is 1.46. The van der Waals surface area contributed by atoms with Gasteiger partial charge < -0.3 is 15.3 Å². The molecule has 1 aliphatic heterocycles. The number of fused-ring (bicyclic) bond motifs is 1. The van der Waals surface area contributed by atoms with Crippen LogP contribution in [0.5, 0.6) is 0 Å². The van der Waals surface area contributed by atoms with E-state index in [-0.39, 0.29) is 5.69 Å². The fourth-order valence-electron chi connectivity index (χ4n) is 4.03. The first-order valence-corrected chi connectivity index (χ1v) is 11.5. The van der Waals surface area contributed by atoms with Crippen molar-refractivity contribution in [3.63, 3.8) is 0 Å². The number of aromatic nitrogens is 4. The van der Waals surface area contributed by atoms with Crippen LogP contribution in [0, 0.1) is 5.92 Å². The normalized spacial score (nSPS) is 15.5. The maximum atomic E-state index is 12.7. The third kappa shape index (κ3) is 4.76. The quantitative estimate of drug-likeness (QED) is 0.582. The number of rotatable bonds is 6. The van der Waals surface area contributed by atoms with Gasteiger partial charge in [0.1, 0.15) is 5.02 Å². The highest BCUT2D eigenvalue weighted by molar-refractivity contribution is 6.32. The Balaban J connectivity index is 1.60. The molecular formula is C23H31ClN6O2. The molecule has 0 radical (unpaired) electrons. The molecule has 0 spiro atoms. The van der Waals surface area contributed by atoms with E-state index in [4.69, 9.17) is 11.6 Å². The van der Waals surface area contributed by atoms with Crippen molar-refractivity contribution in [2.24, 2.45) is 13.0 Å². The summed E-state index contributed by atoms with van der Waals surface area (Å²) in [6, 6.07) is 5.73. The van der Waals surface area contributed by atoms with Gasteiger partial charge in [0.25, 0.3) is 0 Å². The molecule has 3 heterocycles. The monoisotopic (exact) mass is 458 g/mol. The molecule has 32 heavy (non-hydrogen) atoms. The number of aryl methyl sites for hydroxylation is 2. The van der Waals surface area contributed by atoms with Crippen LogP contribution in [-0.2, 0) is 13.6 Å². The first kappa shape index (κ1) is 22.6. The van der Waals surface area contributed by atoms with Crippen molar-refractivity contribution >= 4 is 40.1 Å². The van der Waals surface area contributed by atoms with Gasteiger partial charge in [-0.05, 0) is 57.2 Å². The van der Waals surface area contributed by atoms with E-state index in [2.05, 4.69) is 27.1 Å². The van der Waals surface area contributed by atoms with Gasteiger partial charge >= 0.3 is 5.69 Å². The molecule has 1 aliphatic rings. The van der Waals surface area contributed by atoms with E-state index in [1.807, 2.05) is 18.2 Å². The third-order valence-electron chi connectivity index (χ3n) is 6.15. The van der Waals surface area contributed by atoms with E-state index in [9.17, 15) is 9.90 Å². The molecule has 0 saturated carbocycles. The fraction of sp³-hybridized carbons (Fsp3) is 0.522. The minimum absolute atomic E-state index is 0.108. The Bertz CT molecular complexity index is 1170. The average Bonchev–Trinajstić information content (AvgIpc) is 2.98. The Kier molecular flexibility index (Phi) is 6.18. The lowest BCUT2D eigenvalue weighted by Crippen LogP contribution is -2.34. The lowest BCUT2D eigenvalue weighted by molar-refractivity contribution is 0.0662. The first-order chi connectivity index (χ1) is 15.1. The van der Waals surface area contributed by atoms with Crippen molar-refractivity contribution in [2.75, 3.05) is 23.3 Å². The number of piperidine rings is 1. The van der Waals surface area contributed by atoms with Gasteiger partial charge in [0, 0.05) is 32.4 Å². The molecule has 1 saturated heterocycles. The number of nitrogens with zero attached hydrogens (tertiary/aromatic N) is 5. The van der Waals surface area contributed by atoms with Crippen LogP contribution in [0.4, 0.5) is 17.5 Å². The van der Waals surface area contributed by atoms with E-state index >= 15 is 0 Å². The standard InChI is InChI=1S/C23H31ClN6O2/c1-15-7-10-29(11-8-15)21-25-14-17(24)20(27-21)26-16-5-6-18-19(13-16)28(4)22(31)30(18)12-9-23(2,3)32/h5-6,13-15,32H,7-12H2,1-4H3,(H,25,26,27). The second-order valence-electron chi connectivity index (χ2n) is 9.42. The molecule has 4 rings (SSSR count). The molecule has 2 aromatic heterocycles. The predicted molar refractivity (Wildman–Crippen MR) is 129 cm³/mol. The van der Waals surface area contributed by atoms with E-state index in [1.54, 1.807) is 36.2 Å². The van der Waals surface area contributed by atoms with Gasteiger partial charge in [-0.1, -0.05) is 18.5 Å². The second-order valence-corrected chi connectivity index (χ2v) is 9.83. The lowest BCUT2D eigenvalue weighted by Gasteiger charge is -2.30. The zero-order chi connectivity index (χ0) is 23.0. The van der Waals surface area contributed by atoms with Crippen molar-refractivity contribution in [1.82, 2.24) is 19.1 Å². The first-order valence-electron chi connectivity index (χ1n) is 11.1. The number of hydrogen-bond donors (Lipinski definition) is 2. The summed E-state index contributed by atoms with van der Waals surface area (Å²) < 4.78 is 3.32. The van der Waals surface area contributed by atoms with Gasteiger partial charge in [-0.3, -0.25) is 9.13 Å². The predicted octanol–water partition coefficient (Wildman–Crippen LogP) is 3.92. The van der Waals surface area contributed by atoms with Gasteiger partial charge in [-0.15, -0.1) is 0 Å². The number of aliphatic hydroxyl groups is 1. The van der Waals surface area contributed by atoms with E-state index in [0.29, 0.717) is 29.8 Å². The molecule has 0 amide bonds. The van der Waals surface area contributed by atoms with Crippen LogP contribution >= 0.6 is 11.6 Å². The molecule has 2 N–H and O–H groups in total. The topological polar surface area (TPSA) is 88.2 Å². The van der Waals surface area contributed by atoms with Crippen molar-refractivity contribution in [2.45, 2.75) is 52.2 Å². The molecule has 1 fully saturated rings. The zero-order valence-corrected chi connectivity index (χ0v) is 19.9. The Morgan fingerprint density at radius 2 is 1.97 bits per heavy atom. The van der Waals surface area contributed by atoms with Gasteiger partial charge in [-0.2, -0.15) is 4.98 Å². The van der Waals surface area contributed by atoms with Crippen LogP contribution in [0.3, 0.4) is 0 Å². The van der Waals surface area contributed by atoms with E-state index < -0.39 is 5.60 Å². The molecule has 8 nitrogen and oxygen atoms in total. The molecule has 0 atom stereocenters. The third-order valence-corrected chi connectivity index (χ3v) is 6.43.